The summed E-state index contributed by atoms with van der Waals surface area (Å²) in [5, 5.41) is 11.1. The summed E-state index contributed by atoms with van der Waals surface area (Å²) in [4.78, 5) is 22.8. The number of carboxylic acids is 1. The van der Waals surface area contributed by atoms with Crippen molar-refractivity contribution >= 4 is 17.6 Å². The molecule has 2 N–H and O–H groups in total. The summed E-state index contributed by atoms with van der Waals surface area (Å²) < 4.78 is 59.4. The number of hydrogen-bond donors (Lipinski definition) is 2. The molecule has 0 aliphatic carbocycles. The Hall–Kier alpha value is -2.36. The molecule has 24 heavy (non-hydrogen) atoms. The highest BCUT2D eigenvalue weighted by Gasteiger charge is 2.35. The smallest absolute Gasteiger partial charge is 0.422 e. The number of alkyl halides is 3. The maximum absolute atomic E-state index is 13.2. The molecule has 0 saturated carbocycles. The van der Waals surface area contributed by atoms with Gasteiger partial charge in [-0.15, -0.1) is 0 Å². The number of hydrogen-bond acceptors (Lipinski definition) is 4. The standard InChI is InChI=1S/C14H13F4NO5/c15-7-1-2-8(11(5-7)23-6-14(16,17)18)19-12(20)9-3-4-10(24-9)13(21)22/h1-2,5,9-10H,3-4,6H2,(H,19,20)(H,21,22)/t9-,10+/m0/s1. The molecule has 0 spiro atoms. The third-order valence-corrected chi connectivity index (χ3v) is 3.18. The molecule has 1 saturated heterocycles. The van der Waals surface area contributed by atoms with Gasteiger partial charge in [0.2, 0.25) is 0 Å². The van der Waals surface area contributed by atoms with E-state index in [4.69, 9.17) is 9.84 Å². The molecule has 1 amide bonds. The van der Waals surface area contributed by atoms with Crippen molar-refractivity contribution in [2.75, 3.05) is 11.9 Å². The molecular weight excluding hydrogens is 338 g/mol. The number of halogens is 4. The summed E-state index contributed by atoms with van der Waals surface area (Å²) in [6.07, 6.45) is -6.53. The van der Waals surface area contributed by atoms with Crippen LogP contribution in [0.1, 0.15) is 12.8 Å². The Labute approximate surface area is 133 Å². The summed E-state index contributed by atoms with van der Waals surface area (Å²) in [5.74, 6) is -3.29. The zero-order chi connectivity index (χ0) is 17.9. The van der Waals surface area contributed by atoms with Crippen molar-refractivity contribution in [1.82, 2.24) is 0 Å². The first kappa shape index (κ1) is 18.0. The van der Waals surface area contributed by atoms with Crippen LogP contribution < -0.4 is 10.1 Å². The number of benzene rings is 1. The van der Waals surface area contributed by atoms with Gasteiger partial charge in [0.05, 0.1) is 5.69 Å². The number of carbonyl (C=O) groups is 2. The lowest BCUT2D eigenvalue weighted by Gasteiger charge is -2.16. The van der Waals surface area contributed by atoms with Gasteiger partial charge < -0.3 is 19.9 Å². The number of carboxylic acid groups (broad SMARTS) is 1. The molecule has 1 aromatic rings. The maximum atomic E-state index is 13.2. The van der Waals surface area contributed by atoms with Crippen LogP contribution in [0.2, 0.25) is 0 Å². The molecule has 10 heteroatoms. The van der Waals surface area contributed by atoms with E-state index >= 15 is 0 Å². The molecule has 1 aliphatic heterocycles. The third kappa shape index (κ3) is 4.82. The SMILES string of the molecule is O=C(Nc1ccc(F)cc1OCC(F)(F)F)[C@@H]1CC[C@H](C(=O)O)O1. The van der Waals surface area contributed by atoms with Crippen LogP contribution in [0.4, 0.5) is 23.2 Å². The van der Waals surface area contributed by atoms with Crippen LogP contribution in [0.3, 0.4) is 0 Å². The molecule has 2 rings (SSSR count). The van der Waals surface area contributed by atoms with Crippen molar-refractivity contribution in [3.8, 4) is 5.75 Å². The predicted octanol–water partition coefficient (Wildman–Crippen LogP) is 2.34. The number of carbonyl (C=O) groups excluding carboxylic acids is 1. The number of aliphatic carboxylic acids is 1. The average Bonchev–Trinajstić information content (AvgIpc) is 2.96. The highest BCUT2D eigenvalue weighted by Crippen LogP contribution is 2.29. The van der Waals surface area contributed by atoms with Crippen molar-refractivity contribution in [1.29, 1.82) is 0 Å². The molecule has 1 aliphatic rings. The Morgan fingerprint density at radius 1 is 1.29 bits per heavy atom. The molecule has 0 unspecified atom stereocenters. The fraction of sp³-hybridized carbons (Fsp3) is 0.429. The molecule has 132 valence electrons. The van der Waals surface area contributed by atoms with Crippen LogP contribution >= 0.6 is 0 Å². The maximum Gasteiger partial charge on any atom is 0.422 e. The molecule has 6 nitrogen and oxygen atoms in total. The minimum absolute atomic E-state index is 0.133. The van der Waals surface area contributed by atoms with Crippen LogP contribution in [-0.2, 0) is 14.3 Å². The van der Waals surface area contributed by atoms with Gasteiger partial charge in [0, 0.05) is 6.07 Å². The van der Waals surface area contributed by atoms with Crippen LogP contribution in [-0.4, -0.2) is 42.0 Å². The quantitative estimate of drug-likeness (QED) is 0.796. The van der Waals surface area contributed by atoms with E-state index in [0.29, 0.717) is 6.07 Å². The van der Waals surface area contributed by atoms with Crippen molar-refractivity contribution in [3.63, 3.8) is 0 Å². The lowest BCUT2D eigenvalue weighted by atomic mass is 10.2. The highest BCUT2D eigenvalue weighted by molar-refractivity contribution is 5.96. The minimum atomic E-state index is -4.63. The van der Waals surface area contributed by atoms with Gasteiger partial charge >= 0.3 is 12.1 Å². The molecule has 1 aromatic carbocycles. The summed E-state index contributed by atoms with van der Waals surface area (Å²) in [5.41, 5.74) is -0.173. The predicted molar refractivity (Wildman–Crippen MR) is 72.1 cm³/mol. The first-order valence-corrected chi connectivity index (χ1v) is 6.84. The monoisotopic (exact) mass is 351 g/mol. The number of rotatable bonds is 5. The van der Waals surface area contributed by atoms with Gasteiger partial charge in [0.15, 0.2) is 12.7 Å². The van der Waals surface area contributed by atoms with Gasteiger partial charge in [-0.2, -0.15) is 13.2 Å². The van der Waals surface area contributed by atoms with Crippen LogP contribution in [0.25, 0.3) is 0 Å². The van der Waals surface area contributed by atoms with E-state index in [2.05, 4.69) is 10.1 Å². The Morgan fingerprint density at radius 3 is 2.54 bits per heavy atom. The first-order valence-electron chi connectivity index (χ1n) is 6.84. The zero-order valence-corrected chi connectivity index (χ0v) is 12.1. The van der Waals surface area contributed by atoms with Gasteiger partial charge in [-0.1, -0.05) is 0 Å². The number of anilines is 1. The van der Waals surface area contributed by atoms with Crippen molar-refractivity contribution in [3.05, 3.63) is 24.0 Å². The molecule has 0 radical (unpaired) electrons. The summed E-state index contributed by atoms with van der Waals surface area (Å²) in [7, 11) is 0. The Kier molecular flexibility index (Phi) is 5.27. The minimum Gasteiger partial charge on any atom is -0.482 e. The fourth-order valence-corrected chi connectivity index (χ4v) is 2.10. The lowest BCUT2D eigenvalue weighted by Crippen LogP contribution is -2.30. The van der Waals surface area contributed by atoms with Crippen LogP contribution in [0, 0.1) is 5.82 Å². The number of nitrogens with one attached hydrogen (secondary N) is 1. The van der Waals surface area contributed by atoms with Crippen LogP contribution in [0.5, 0.6) is 5.75 Å². The Bertz CT molecular complexity index is 634. The molecule has 0 bridgehead atoms. The van der Waals surface area contributed by atoms with Gasteiger partial charge in [-0.05, 0) is 25.0 Å². The molecule has 1 fully saturated rings. The summed E-state index contributed by atoms with van der Waals surface area (Å²) in [6, 6.07) is 2.69. The van der Waals surface area contributed by atoms with E-state index in [9.17, 15) is 27.2 Å². The first-order chi connectivity index (χ1) is 11.2. The lowest BCUT2D eigenvalue weighted by molar-refractivity contribution is -0.153. The van der Waals surface area contributed by atoms with E-state index in [1.165, 1.54) is 0 Å². The third-order valence-electron chi connectivity index (χ3n) is 3.18. The normalized spacial score (nSPS) is 20.7. The van der Waals surface area contributed by atoms with E-state index < -0.39 is 48.4 Å². The van der Waals surface area contributed by atoms with Gasteiger partial charge in [-0.25, -0.2) is 9.18 Å². The largest absolute Gasteiger partial charge is 0.482 e. The van der Waals surface area contributed by atoms with E-state index in [1.807, 2.05) is 0 Å². The highest BCUT2D eigenvalue weighted by atomic mass is 19.4. The van der Waals surface area contributed by atoms with E-state index in [-0.39, 0.29) is 18.5 Å². The zero-order valence-electron chi connectivity index (χ0n) is 12.1. The summed E-state index contributed by atoms with van der Waals surface area (Å²) >= 11 is 0. The number of ether oxygens (including phenoxy) is 2. The van der Waals surface area contributed by atoms with Crippen molar-refractivity contribution in [2.24, 2.45) is 0 Å². The Morgan fingerprint density at radius 2 is 1.96 bits per heavy atom. The molecule has 1 heterocycles. The second-order valence-corrected chi connectivity index (χ2v) is 5.06. The fourth-order valence-electron chi connectivity index (χ4n) is 2.10. The van der Waals surface area contributed by atoms with Gasteiger partial charge in [0.25, 0.3) is 5.91 Å². The molecule has 2 atom stereocenters. The molecular formula is C14H13F4NO5. The van der Waals surface area contributed by atoms with E-state index in [1.54, 1.807) is 0 Å². The van der Waals surface area contributed by atoms with Crippen molar-refractivity contribution < 1.29 is 41.7 Å². The molecule has 0 aromatic heterocycles. The van der Waals surface area contributed by atoms with E-state index in [0.717, 1.165) is 12.1 Å². The van der Waals surface area contributed by atoms with Crippen molar-refractivity contribution in [2.45, 2.75) is 31.2 Å². The van der Waals surface area contributed by atoms with Gasteiger partial charge in [0.1, 0.15) is 17.7 Å². The summed E-state index contributed by atoms with van der Waals surface area (Å²) in [6.45, 7) is -1.65. The van der Waals surface area contributed by atoms with Crippen LogP contribution in [0.15, 0.2) is 18.2 Å². The average molecular weight is 351 g/mol. The van der Waals surface area contributed by atoms with Gasteiger partial charge in [-0.3, -0.25) is 4.79 Å². The second-order valence-electron chi connectivity index (χ2n) is 5.06. The Balaban J connectivity index is 2.06. The number of amides is 1. The second kappa shape index (κ2) is 7.04. The topological polar surface area (TPSA) is 84.9 Å².